The fourth-order valence-electron chi connectivity index (χ4n) is 1.11. The van der Waals surface area contributed by atoms with E-state index in [0.717, 1.165) is 0 Å². The van der Waals surface area contributed by atoms with E-state index < -0.39 is 0 Å². The Morgan fingerprint density at radius 1 is 1.33 bits per heavy atom. The predicted molar refractivity (Wildman–Crippen MR) is 52.2 cm³/mol. The topological polar surface area (TPSA) is 38.4 Å². The number of hydrogen-bond acceptors (Lipinski definition) is 1. The van der Waals surface area contributed by atoms with Gasteiger partial charge in [0.25, 0.3) is 0 Å². The SMILES string of the molecule is C/C(N)=N/C(C)c1ccccc1. The van der Waals surface area contributed by atoms with Crippen LogP contribution in [-0.2, 0) is 0 Å². The second-order valence-corrected chi connectivity index (χ2v) is 2.86. The summed E-state index contributed by atoms with van der Waals surface area (Å²) in [7, 11) is 0. The molecule has 0 bridgehead atoms. The second-order valence-electron chi connectivity index (χ2n) is 2.86. The monoisotopic (exact) mass is 162 g/mol. The highest BCUT2D eigenvalue weighted by molar-refractivity contribution is 5.77. The second kappa shape index (κ2) is 3.90. The van der Waals surface area contributed by atoms with E-state index in [4.69, 9.17) is 5.73 Å². The van der Waals surface area contributed by atoms with Crippen molar-refractivity contribution < 1.29 is 0 Å². The number of hydrogen-bond donors (Lipinski definition) is 1. The standard InChI is InChI=1S/C10H14N2/c1-8(12-9(2)11)10-6-4-3-5-7-10/h3-8H,1-2H3,(H2,11,12). The third kappa shape index (κ3) is 2.38. The summed E-state index contributed by atoms with van der Waals surface area (Å²) in [5.74, 6) is 0.631. The number of benzene rings is 1. The quantitative estimate of drug-likeness (QED) is 0.525. The maximum Gasteiger partial charge on any atom is 0.0913 e. The Morgan fingerprint density at radius 3 is 2.42 bits per heavy atom. The van der Waals surface area contributed by atoms with E-state index in [1.54, 1.807) is 6.92 Å². The lowest BCUT2D eigenvalue weighted by atomic mass is 10.1. The third-order valence-electron chi connectivity index (χ3n) is 1.68. The van der Waals surface area contributed by atoms with E-state index in [1.807, 2.05) is 25.1 Å². The van der Waals surface area contributed by atoms with Crippen LogP contribution in [0, 0.1) is 0 Å². The van der Waals surface area contributed by atoms with Crippen LogP contribution in [0.5, 0.6) is 0 Å². The Bertz CT molecular complexity index is 260. The maximum absolute atomic E-state index is 5.48. The molecule has 2 N–H and O–H groups in total. The minimum Gasteiger partial charge on any atom is -0.388 e. The molecule has 1 unspecified atom stereocenters. The van der Waals surface area contributed by atoms with E-state index in [-0.39, 0.29) is 6.04 Å². The van der Waals surface area contributed by atoms with Crippen molar-refractivity contribution in [3.8, 4) is 0 Å². The van der Waals surface area contributed by atoms with Gasteiger partial charge in [0.2, 0.25) is 0 Å². The van der Waals surface area contributed by atoms with Crippen molar-refractivity contribution in [3.63, 3.8) is 0 Å². The molecule has 2 heteroatoms. The van der Waals surface area contributed by atoms with Crippen LogP contribution in [0.4, 0.5) is 0 Å². The molecule has 1 rings (SSSR count). The van der Waals surface area contributed by atoms with E-state index in [1.165, 1.54) is 5.56 Å². The van der Waals surface area contributed by atoms with E-state index in [9.17, 15) is 0 Å². The molecule has 0 radical (unpaired) electrons. The summed E-state index contributed by atoms with van der Waals surface area (Å²) in [5.41, 5.74) is 6.68. The fourth-order valence-corrected chi connectivity index (χ4v) is 1.11. The molecular weight excluding hydrogens is 148 g/mol. The zero-order valence-corrected chi connectivity index (χ0v) is 7.49. The summed E-state index contributed by atoms with van der Waals surface area (Å²) in [6.45, 7) is 3.84. The number of nitrogens with zero attached hydrogens (tertiary/aromatic N) is 1. The first-order valence-corrected chi connectivity index (χ1v) is 4.05. The summed E-state index contributed by atoms with van der Waals surface area (Å²) >= 11 is 0. The van der Waals surface area contributed by atoms with Gasteiger partial charge in [0, 0.05) is 0 Å². The minimum absolute atomic E-state index is 0.163. The van der Waals surface area contributed by atoms with Crippen LogP contribution >= 0.6 is 0 Å². The van der Waals surface area contributed by atoms with Crippen LogP contribution in [0.1, 0.15) is 25.5 Å². The van der Waals surface area contributed by atoms with Gasteiger partial charge in [-0.2, -0.15) is 0 Å². The van der Waals surface area contributed by atoms with Crippen LogP contribution in [0.3, 0.4) is 0 Å². The van der Waals surface area contributed by atoms with Gasteiger partial charge in [-0.1, -0.05) is 30.3 Å². The van der Waals surface area contributed by atoms with Crippen LogP contribution in [0.25, 0.3) is 0 Å². The summed E-state index contributed by atoms with van der Waals surface area (Å²) < 4.78 is 0. The number of nitrogens with two attached hydrogens (primary N) is 1. The van der Waals surface area contributed by atoms with Crippen molar-refractivity contribution >= 4 is 5.84 Å². The first kappa shape index (κ1) is 8.78. The Morgan fingerprint density at radius 2 is 1.92 bits per heavy atom. The molecule has 1 aromatic carbocycles. The average molecular weight is 162 g/mol. The normalized spacial score (nSPS) is 14.3. The van der Waals surface area contributed by atoms with Crippen LogP contribution in [0.2, 0.25) is 0 Å². The minimum atomic E-state index is 0.163. The zero-order chi connectivity index (χ0) is 8.97. The summed E-state index contributed by atoms with van der Waals surface area (Å²) in [5, 5.41) is 0. The van der Waals surface area contributed by atoms with Crippen LogP contribution in [-0.4, -0.2) is 5.84 Å². The molecule has 1 aromatic rings. The average Bonchev–Trinajstić information content (AvgIpc) is 2.05. The Labute approximate surface area is 73.1 Å². The molecule has 0 spiro atoms. The van der Waals surface area contributed by atoms with Crippen molar-refractivity contribution in [2.45, 2.75) is 19.9 Å². The molecule has 12 heavy (non-hydrogen) atoms. The molecule has 0 fully saturated rings. The van der Waals surface area contributed by atoms with Crippen molar-refractivity contribution in [1.82, 2.24) is 0 Å². The van der Waals surface area contributed by atoms with Crippen molar-refractivity contribution in [2.75, 3.05) is 0 Å². The molecule has 0 aliphatic rings. The zero-order valence-electron chi connectivity index (χ0n) is 7.49. The van der Waals surface area contributed by atoms with Crippen molar-refractivity contribution in [1.29, 1.82) is 0 Å². The Balaban J connectivity index is 2.79. The number of aliphatic imine (C=N–C) groups is 1. The molecular formula is C10H14N2. The lowest BCUT2D eigenvalue weighted by Crippen LogP contribution is -2.07. The first-order valence-electron chi connectivity index (χ1n) is 4.05. The third-order valence-corrected chi connectivity index (χ3v) is 1.68. The van der Waals surface area contributed by atoms with Gasteiger partial charge in [-0.25, -0.2) is 0 Å². The molecule has 0 saturated heterocycles. The van der Waals surface area contributed by atoms with Crippen molar-refractivity contribution in [2.24, 2.45) is 10.7 Å². The van der Waals surface area contributed by atoms with Gasteiger partial charge in [-0.05, 0) is 19.4 Å². The lowest BCUT2D eigenvalue weighted by Gasteiger charge is -2.05. The number of amidine groups is 1. The fraction of sp³-hybridized carbons (Fsp3) is 0.300. The summed E-state index contributed by atoms with van der Waals surface area (Å²) in [4.78, 5) is 4.24. The van der Waals surface area contributed by atoms with Gasteiger partial charge in [0.1, 0.15) is 0 Å². The first-order chi connectivity index (χ1) is 5.70. The highest BCUT2D eigenvalue weighted by atomic mass is 14.9. The molecule has 64 valence electrons. The van der Waals surface area contributed by atoms with Crippen LogP contribution in [0.15, 0.2) is 35.3 Å². The largest absolute Gasteiger partial charge is 0.388 e. The van der Waals surface area contributed by atoms with E-state index >= 15 is 0 Å². The lowest BCUT2D eigenvalue weighted by molar-refractivity contribution is 0.817. The molecule has 0 aromatic heterocycles. The van der Waals surface area contributed by atoms with Gasteiger partial charge in [0.05, 0.1) is 11.9 Å². The van der Waals surface area contributed by atoms with Gasteiger partial charge >= 0.3 is 0 Å². The predicted octanol–water partition coefficient (Wildman–Crippen LogP) is 2.12. The van der Waals surface area contributed by atoms with Crippen molar-refractivity contribution in [3.05, 3.63) is 35.9 Å². The van der Waals surface area contributed by atoms with Gasteiger partial charge in [-0.15, -0.1) is 0 Å². The van der Waals surface area contributed by atoms with Gasteiger partial charge < -0.3 is 5.73 Å². The van der Waals surface area contributed by atoms with Gasteiger partial charge in [0.15, 0.2) is 0 Å². The Kier molecular flexibility index (Phi) is 2.86. The molecule has 1 atom stereocenters. The Hall–Kier alpha value is -1.31. The molecule has 0 heterocycles. The smallest absolute Gasteiger partial charge is 0.0913 e. The highest BCUT2D eigenvalue weighted by Crippen LogP contribution is 2.15. The highest BCUT2D eigenvalue weighted by Gasteiger charge is 2.00. The van der Waals surface area contributed by atoms with Crippen LogP contribution < -0.4 is 5.73 Å². The van der Waals surface area contributed by atoms with Gasteiger partial charge in [-0.3, -0.25) is 4.99 Å². The maximum atomic E-state index is 5.48. The van der Waals surface area contributed by atoms with E-state index in [0.29, 0.717) is 5.84 Å². The molecule has 0 saturated carbocycles. The summed E-state index contributed by atoms with van der Waals surface area (Å²) in [6.07, 6.45) is 0. The molecule has 0 amide bonds. The summed E-state index contributed by atoms with van der Waals surface area (Å²) in [6, 6.07) is 10.3. The molecule has 0 aliphatic heterocycles. The van der Waals surface area contributed by atoms with E-state index in [2.05, 4.69) is 17.1 Å². The molecule has 0 aliphatic carbocycles. The molecule has 2 nitrogen and oxygen atoms in total. The number of rotatable bonds is 2.